The van der Waals surface area contributed by atoms with Gasteiger partial charge in [-0.2, -0.15) is 0 Å². The third-order valence-electron chi connectivity index (χ3n) is 2.13. The number of carboxylic acid groups (broad SMARTS) is 1. The van der Waals surface area contributed by atoms with Crippen molar-refractivity contribution < 1.29 is 20.1 Å². The van der Waals surface area contributed by atoms with E-state index in [2.05, 4.69) is 0 Å². The van der Waals surface area contributed by atoms with E-state index in [-0.39, 0.29) is 17.9 Å². The summed E-state index contributed by atoms with van der Waals surface area (Å²) in [5.74, 6) is -1.41. The molecule has 0 heterocycles. The SMILES string of the molecule is CCc1c(CO)ccc(C(=O)O)c1O. The van der Waals surface area contributed by atoms with Gasteiger partial charge in [0.25, 0.3) is 0 Å². The van der Waals surface area contributed by atoms with Crippen LogP contribution in [0.2, 0.25) is 0 Å². The van der Waals surface area contributed by atoms with E-state index in [0.717, 1.165) is 0 Å². The Balaban J connectivity index is 3.34. The Labute approximate surface area is 81.4 Å². The highest BCUT2D eigenvalue weighted by molar-refractivity contribution is 5.91. The number of carbonyl (C=O) groups is 1. The zero-order valence-electron chi connectivity index (χ0n) is 7.82. The maximum Gasteiger partial charge on any atom is 0.339 e. The average molecular weight is 196 g/mol. The van der Waals surface area contributed by atoms with E-state index < -0.39 is 5.97 Å². The van der Waals surface area contributed by atoms with Crippen LogP contribution in [-0.4, -0.2) is 21.3 Å². The molecule has 0 atom stereocenters. The highest BCUT2D eigenvalue weighted by Gasteiger charge is 2.14. The maximum absolute atomic E-state index is 10.7. The van der Waals surface area contributed by atoms with Crippen LogP contribution in [0.25, 0.3) is 0 Å². The molecule has 0 bridgehead atoms. The second-order valence-corrected chi connectivity index (χ2v) is 2.92. The molecule has 0 aliphatic carbocycles. The monoisotopic (exact) mass is 196 g/mol. The number of aromatic hydroxyl groups is 1. The molecule has 4 nitrogen and oxygen atoms in total. The fraction of sp³-hybridized carbons (Fsp3) is 0.300. The zero-order chi connectivity index (χ0) is 10.7. The summed E-state index contributed by atoms with van der Waals surface area (Å²) in [5, 5.41) is 27.3. The number of aromatic carboxylic acids is 1. The van der Waals surface area contributed by atoms with Crippen molar-refractivity contribution in [2.45, 2.75) is 20.0 Å². The number of rotatable bonds is 3. The summed E-state index contributed by atoms with van der Waals surface area (Å²) < 4.78 is 0. The number of carboxylic acids is 1. The van der Waals surface area contributed by atoms with Crippen molar-refractivity contribution in [1.29, 1.82) is 0 Å². The van der Waals surface area contributed by atoms with Gasteiger partial charge >= 0.3 is 5.97 Å². The molecule has 0 aliphatic rings. The molecule has 3 N–H and O–H groups in total. The molecular weight excluding hydrogens is 184 g/mol. The van der Waals surface area contributed by atoms with E-state index in [1.54, 1.807) is 6.92 Å². The largest absolute Gasteiger partial charge is 0.507 e. The summed E-state index contributed by atoms with van der Waals surface area (Å²) in [7, 11) is 0. The highest BCUT2D eigenvalue weighted by atomic mass is 16.4. The molecule has 0 spiro atoms. The minimum absolute atomic E-state index is 0.126. The van der Waals surface area contributed by atoms with Gasteiger partial charge in [-0.25, -0.2) is 4.79 Å². The Hall–Kier alpha value is -1.55. The first-order valence-corrected chi connectivity index (χ1v) is 4.29. The number of aliphatic hydroxyl groups excluding tert-OH is 1. The van der Waals surface area contributed by atoms with Crippen LogP contribution in [0.3, 0.4) is 0 Å². The van der Waals surface area contributed by atoms with Gasteiger partial charge in [-0.15, -0.1) is 0 Å². The lowest BCUT2D eigenvalue weighted by Crippen LogP contribution is -2.02. The maximum atomic E-state index is 10.7. The first-order chi connectivity index (χ1) is 6.61. The van der Waals surface area contributed by atoms with E-state index in [1.807, 2.05) is 0 Å². The van der Waals surface area contributed by atoms with Crippen LogP contribution in [0.1, 0.15) is 28.4 Å². The van der Waals surface area contributed by atoms with Crippen molar-refractivity contribution in [2.75, 3.05) is 0 Å². The normalized spacial score (nSPS) is 10.1. The molecule has 4 heteroatoms. The Morgan fingerprint density at radius 1 is 1.43 bits per heavy atom. The summed E-state index contributed by atoms with van der Waals surface area (Å²) in [5.41, 5.74) is 0.932. The fourth-order valence-corrected chi connectivity index (χ4v) is 1.39. The van der Waals surface area contributed by atoms with Gasteiger partial charge in [0.05, 0.1) is 6.61 Å². The molecule has 0 aromatic heterocycles. The van der Waals surface area contributed by atoms with Crippen molar-refractivity contribution >= 4 is 5.97 Å². The summed E-state index contributed by atoms with van der Waals surface area (Å²) in [6.07, 6.45) is 0.489. The third-order valence-corrected chi connectivity index (χ3v) is 2.13. The molecule has 1 aromatic rings. The van der Waals surface area contributed by atoms with Crippen LogP contribution in [0, 0.1) is 0 Å². The Kier molecular flexibility index (Phi) is 3.09. The lowest BCUT2D eigenvalue weighted by Gasteiger charge is -2.09. The molecule has 0 fully saturated rings. The molecule has 1 rings (SSSR count). The Morgan fingerprint density at radius 3 is 2.50 bits per heavy atom. The molecule has 0 amide bonds. The van der Waals surface area contributed by atoms with Crippen LogP contribution < -0.4 is 0 Å². The van der Waals surface area contributed by atoms with Crippen molar-refractivity contribution in [3.63, 3.8) is 0 Å². The Bertz CT molecular complexity index is 357. The van der Waals surface area contributed by atoms with E-state index >= 15 is 0 Å². The van der Waals surface area contributed by atoms with Crippen LogP contribution in [0.4, 0.5) is 0 Å². The van der Waals surface area contributed by atoms with Crippen molar-refractivity contribution in [3.05, 3.63) is 28.8 Å². The molecule has 0 unspecified atom stereocenters. The summed E-state index contributed by atoms with van der Waals surface area (Å²) in [4.78, 5) is 10.7. The van der Waals surface area contributed by atoms with Gasteiger partial charge in [-0.3, -0.25) is 0 Å². The molecule has 0 saturated heterocycles. The fourth-order valence-electron chi connectivity index (χ4n) is 1.39. The minimum atomic E-state index is -1.17. The molecule has 1 aromatic carbocycles. The van der Waals surface area contributed by atoms with E-state index in [0.29, 0.717) is 17.5 Å². The summed E-state index contributed by atoms with van der Waals surface area (Å²) in [6, 6.07) is 2.81. The lowest BCUT2D eigenvalue weighted by molar-refractivity contribution is 0.0693. The van der Waals surface area contributed by atoms with E-state index in [1.165, 1.54) is 12.1 Å². The first kappa shape index (κ1) is 10.5. The number of aliphatic hydroxyl groups is 1. The summed E-state index contributed by atoms with van der Waals surface area (Å²) in [6.45, 7) is 1.59. The van der Waals surface area contributed by atoms with Crippen LogP contribution in [0.15, 0.2) is 12.1 Å². The van der Waals surface area contributed by atoms with Gasteiger partial charge in [0, 0.05) is 0 Å². The average Bonchev–Trinajstić information content (AvgIpc) is 2.16. The third kappa shape index (κ3) is 1.70. The highest BCUT2D eigenvalue weighted by Crippen LogP contribution is 2.26. The Morgan fingerprint density at radius 2 is 2.07 bits per heavy atom. The number of phenols is 1. The molecule has 76 valence electrons. The predicted molar refractivity (Wildman–Crippen MR) is 50.4 cm³/mol. The van der Waals surface area contributed by atoms with Crippen LogP contribution in [0.5, 0.6) is 5.75 Å². The predicted octanol–water partition coefficient (Wildman–Crippen LogP) is 1.15. The second-order valence-electron chi connectivity index (χ2n) is 2.92. The van der Waals surface area contributed by atoms with Crippen LogP contribution in [-0.2, 0) is 13.0 Å². The smallest absolute Gasteiger partial charge is 0.339 e. The van der Waals surface area contributed by atoms with Gasteiger partial charge in [-0.1, -0.05) is 13.0 Å². The van der Waals surface area contributed by atoms with Crippen molar-refractivity contribution in [2.24, 2.45) is 0 Å². The quantitative estimate of drug-likeness (QED) is 0.677. The summed E-state index contributed by atoms with van der Waals surface area (Å²) >= 11 is 0. The molecule has 0 saturated carbocycles. The van der Waals surface area contributed by atoms with Gasteiger partial charge in [-0.05, 0) is 23.6 Å². The first-order valence-electron chi connectivity index (χ1n) is 4.29. The lowest BCUT2D eigenvalue weighted by atomic mass is 10.0. The zero-order valence-corrected chi connectivity index (χ0v) is 7.82. The minimum Gasteiger partial charge on any atom is -0.507 e. The van der Waals surface area contributed by atoms with Gasteiger partial charge in [0.15, 0.2) is 0 Å². The van der Waals surface area contributed by atoms with Gasteiger partial charge in [0.2, 0.25) is 0 Å². The van der Waals surface area contributed by atoms with Crippen molar-refractivity contribution in [3.8, 4) is 5.75 Å². The van der Waals surface area contributed by atoms with Gasteiger partial charge in [0.1, 0.15) is 11.3 Å². The number of hydrogen-bond donors (Lipinski definition) is 3. The second kappa shape index (κ2) is 4.11. The molecule has 0 radical (unpaired) electrons. The molecule has 0 aliphatic heterocycles. The topological polar surface area (TPSA) is 77.8 Å². The van der Waals surface area contributed by atoms with Gasteiger partial charge < -0.3 is 15.3 Å². The standard InChI is InChI=1S/C10H12O4/c1-2-7-6(5-11)3-4-8(9(7)12)10(13)14/h3-4,11-12H,2,5H2,1H3,(H,13,14). The molecular formula is C10H12O4. The van der Waals surface area contributed by atoms with Crippen LogP contribution >= 0.6 is 0 Å². The molecule has 14 heavy (non-hydrogen) atoms. The van der Waals surface area contributed by atoms with E-state index in [4.69, 9.17) is 10.2 Å². The van der Waals surface area contributed by atoms with Crippen molar-refractivity contribution in [1.82, 2.24) is 0 Å². The number of hydrogen-bond acceptors (Lipinski definition) is 3. The number of benzene rings is 1. The van der Waals surface area contributed by atoms with E-state index in [9.17, 15) is 9.90 Å².